The average molecular weight is 596 g/mol. The Bertz CT molecular complexity index is 1230. The Morgan fingerprint density at radius 2 is 1.86 bits per heavy atom. The molecule has 0 amide bonds. The van der Waals surface area contributed by atoms with Crippen molar-refractivity contribution in [1.82, 2.24) is 4.98 Å². The third-order valence-corrected chi connectivity index (χ3v) is 9.54. The second-order valence-electron chi connectivity index (χ2n) is 12.4. The predicted octanol–water partition coefficient (Wildman–Crippen LogP) is 8.38. The van der Waals surface area contributed by atoms with Crippen LogP contribution in [0.5, 0.6) is 5.75 Å². The molecule has 0 radical (unpaired) electrons. The van der Waals surface area contributed by atoms with Crippen LogP contribution < -0.4 is 4.74 Å². The number of rotatable bonds is 6. The number of aromatic nitrogens is 1. The molecule has 42 heavy (non-hydrogen) atoms. The van der Waals surface area contributed by atoms with Gasteiger partial charge in [-0.3, -0.25) is 9.59 Å². The molecular weight excluding hydrogens is 546 g/mol. The number of methoxy groups -OCH3 is 1. The summed E-state index contributed by atoms with van der Waals surface area (Å²) in [5, 5.41) is 3.01. The van der Waals surface area contributed by atoms with Gasteiger partial charge in [-0.25, -0.2) is 4.98 Å². The van der Waals surface area contributed by atoms with Crippen LogP contribution in [0.3, 0.4) is 0 Å². The van der Waals surface area contributed by atoms with E-state index in [4.69, 9.17) is 14.2 Å². The summed E-state index contributed by atoms with van der Waals surface area (Å²) in [5.41, 5.74) is 2.16. The van der Waals surface area contributed by atoms with E-state index in [-0.39, 0.29) is 48.1 Å². The van der Waals surface area contributed by atoms with Crippen LogP contribution in [-0.2, 0) is 25.7 Å². The van der Waals surface area contributed by atoms with Crippen LogP contribution in [0.2, 0.25) is 0 Å². The summed E-state index contributed by atoms with van der Waals surface area (Å²) in [6.45, 7) is 14.4. The summed E-state index contributed by atoms with van der Waals surface area (Å²) in [7, 11) is 1.65. The highest BCUT2D eigenvalue weighted by Crippen LogP contribution is 2.37. The van der Waals surface area contributed by atoms with Gasteiger partial charge < -0.3 is 14.2 Å². The summed E-state index contributed by atoms with van der Waals surface area (Å²) in [6.07, 6.45) is 9.31. The minimum atomic E-state index is -0.727. The highest BCUT2D eigenvalue weighted by Gasteiger charge is 2.41. The van der Waals surface area contributed by atoms with E-state index in [1.165, 1.54) is 0 Å². The minimum absolute atomic E-state index is 0.118. The first kappa shape index (κ1) is 33.7. The van der Waals surface area contributed by atoms with Crippen LogP contribution in [0.15, 0.2) is 47.4 Å². The van der Waals surface area contributed by atoms with Crippen molar-refractivity contribution in [1.29, 1.82) is 0 Å². The zero-order valence-corrected chi connectivity index (χ0v) is 27.5. The largest absolute Gasteiger partial charge is 0.497 e. The van der Waals surface area contributed by atoms with Crippen LogP contribution in [0, 0.1) is 30.1 Å². The molecule has 6 nitrogen and oxygen atoms in total. The summed E-state index contributed by atoms with van der Waals surface area (Å²) in [4.78, 5) is 31.8. The Morgan fingerprint density at radius 1 is 1.14 bits per heavy atom. The molecule has 0 spiro atoms. The normalized spacial score (nSPS) is 27.3. The van der Waals surface area contributed by atoms with Crippen molar-refractivity contribution in [2.45, 2.75) is 99.4 Å². The van der Waals surface area contributed by atoms with Crippen molar-refractivity contribution in [3.63, 3.8) is 0 Å². The third kappa shape index (κ3) is 9.37. The number of Topliss-reactive ketones (excluding diaryl/α,β-unsaturated/α-hetero) is 1. The Labute approximate surface area is 256 Å². The number of thiazole rings is 1. The molecule has 0 N–H and O–H groups in total. The number of nitrogens with zero attached hydrogens (tertiary/aromatic N) is 1. The number of esters is 1. The lowest BCUT2D eigenvalue weighted by atomic mass is 9.69. The highest BCUT2D eigenvalue weighted by atomic mass is 32.1. The molecule has 2 aromatic rings. The molecule has 0 unspecified atom stereocenters. The fraction of sp³-hybridized carbons (Fsp3) is 0.571. The molecule has 1 aliphatic heterocycles. The molecule has 0 saturated heterocycles. The highest BCUT2D eigenvalue weighted by molar-refractivity contribution is 7.09. The van der Waals surface area contributed by atoms with Crippen molar-refractivity contribution in [3.8, 4) is 5.75 Å². The number of cyclic esters (lactones) is 1. The molecule has 7 heteroatoms. The van der Waals surface area contributed by atoms with E-state index >= 15 is 0 Å². The molecule has 5 atom stereocenters. The lowest BCUT2D eigenvalue weighted by molar-refractivity contribution is -0.151. The Hall–Kier alpha value is -2.77. The van der Waals surface area contributed by atoms with Gasteiger partial charge in [0.05, 0.1) is 30.5 Å². The first-order valence-electron chi connectivity index (χ1n) is 15.2. The quantitative estimate of drug-likeness (QED) is 0.247. The molecule has 0 saturated carbocycles. The van der Waals surface area contributed by atoms with Crippen molar-refractivity contribution < 1.29 is 23.8 Å². The Morgan fingerprint density at radius 3 is 2.50 bits per heavy atom. The van der Waals surface area contributed by atoms with E-state index < -0.39 is 5.41 Å². The second-order valence-corrected chi connectivity index (χ2v) is 13.4. The Balaban J connectivity index is 1.81. The fourth-order valence-electron chi connectivity index (χ4n) is 5.57. The van der Waals surface area contributed by atoms with E-state index in [2.05, 4.69) is 24.1 Å². The van der Waals surface area contributed by atoms with E-state index in [1.54, 1.807) is 18.4 Å². The lowest BCUT2D eigenvalue weighted by Crippen LogP contribution is -2.43. The predicted molar refractivity (Wildman–Crippen MR) is 170 cm³/mol. The monoisotopic (exact) mass is 595 g/mol. The second kappa shape index (κ2) is 15.6. The van der Waals surface area contributed by atoms with Crippen LogP contribution in [0.25, 0.3) is 6.08 Å². The summed E-state index contributed by atoms with van der Waals surface area (Å²) in [5.74, 6) is 0.299. The number of aryl methyl sites for hydroxylation is 1. The Kier molecular flexibility index (Phi) is 12.6. The molecule has 0 bridgehead atoms. The van der Waals surface area contributed by atoms with Crippen molar-refractivity contribution in [2.24, 2.45) is 23.2 Å². The first-order valence-corrected chi connectivity index (χ1v) is 16.0. The van der Waals surface area contributed by atoms with Crippen LogP contribution >= 0.6 is 11.3 Å². The van der Waals surface area contributed by atoms with Gasteiger partial charge in [0.1, 0.15) is 17.6 Å². The van der Waals surface area contributed by atoms with Crippen molar-refractivity contribution >= 4 is 29.2 Å². The van der Waals surface area contributed by atoms with Gasteiger partial charge in [0.2, 0.25) is 0 Å². The van der Waals surface area contributed by atoms with Crippen LogP contribution in [0.4, 0.5) is 0 Å². The van der Waals surface area contributed by atoms with E-state index in [0.29, 0.717) is 13.0 Å². The molecule has 1 aliphatic rings. The van der Waals surface area contributed by atoms with Gasteiger partial charge >= 0.3 is 5.97 Å². The molecule has 2 heterocycles. The lowest BCUT2D eigenvalue weighted by Gasteiger charge is -2.37. The van der Waals surface area contributed by atoms with E-state index in [1.807, 2.05) is 77.3 Å². The molecule has 3 rings (SSSR count). The molecular formula is C35H49NO5S. The molecule has 1 aromatic carbocycles. The first-order chi connectivity index (χ1) is 19.9. The maximum absolute atomic E-state index is 14.0. The van der Waals surface area contributed by atoms with Gasteiger partial charge in [0, 0.05) is 29.6 Å². The maximum Gasteiger partial charge on any atom is 0.306 e. The van der Waals surface area contributed by atoms with E-state index in [0.717, 1.165) is 46.9 Å². The van der Waals surface area contributed by atoms with Gasteiger partial charge in [-0.1, -0.05) is 58.9 Å². The molecule has 230 valence electrons. The zero-order valence-electron chi connectivity index (χ0n) is 26.6. The molecule has 0 fully saturated rings. The molecule has 1 aromatic heterocycles. The smallest absolute Gasteiger partial charge is 0.306 e. The number of benzene rings is 1. The van der Waals surface area contributed by atoms with Crippen molar-refractivity contribution in [3.05, 3.63) is 63.6 Å². The van der Waals surface area contributed by atoms with Gasteiger partial charge in [-0.05, 0) is 74.3 Å². The van der Waals surface area contributed by atoms with E-state index in [9.17, 15) is 9.59 Å². The van der Waals surface area contributed by atoms with Gasteiger partial charge in [-0.2, -0.15) is 0 Å². The summed E-state index contributed by atoms with van der Waals surface area (Å²) >= 11 is 1.60. The maximum atomic E-state index is 14.0. The number of hydrogen-bond donors (Lipinski definition) is 0. The fourth-order valence-corrected chi connectivity index (χ4v) is 6.14. The van der Waals surface area contributed by atoms with Gasteiger partial charge in [0.25, 0.3) is 0 Å². The number of ether oxygens (including phenoxy) is 3. The summed E-state index contributed by atoms with van der Waals surface area (Å²) < 4.78 is 17.8. The zero-order chi connectivity index (χ0) is 30.9. The van der Waals surface area contributed by atoms with Gasteiger partial charge in [-0.15, -0.1) is 11.3 Å². The topological polar surface area (TPSA) is 74.7 Å². The van der Waals surface area contributed by atoms with Gasteiger partial charge in [0.15, 0.2) is 0 Å². The molecule has 0 aliphatic carbocycles. The third-order valence-electron chi connectivity index (χ3n) is 8.75. The average Bonchev–Trinajstić information content (AvgIpc) is 3.37. The summed E-state index contributed by atoms with van der Waals surface area (Å²) in [6, 6.07) is 7.84. The van der Waals surface area contributed by atoms with Crippen molar-refractivity contribution in [2.75, 3.05) is 7.11 Å². The van der Waals surface area contributed by atoms with Crippen LogP contribution in [-0.4, -0.2) is 36.1 Å². The number of carbonyl (C=O) groups excluding carboxylic acids is 2. The number of allylic oxidation sites excluding steroid dienone is 1. The van der Waals surface area contributed by atoms with Crippen LogP contribution in [0.1, 0.15) is 89.9 Å². The number of hydrogen-bond acceptors (Lipinski definition) is 7. The minimum Gasteiger partial charge on any atom is -0.497 e. The standard InChI is InChI=1S/C35H49NO5S/c1-23-13-11-9-10-12-14-31(24(2)19-29-22-42-27(5)36-29)41-32(37)20-25(3)35(6,7)34(38)26(4)33(23)40-21-28-15-17-30(39-8)18-16-28/h10,12,15-19,22-23,25-26,31,33H,9,11,13-14,20-21H2,1-8H3/b12-10-,24-19+/t23-,25-,26+,31-,33-/m0/s1. The SMILES string of the molecule is COc1ccc(CO[C@H]2[C@@H](C)CCC/C=C\C[C@@H](/C(C)=C/c3csc(C)n3)OC(=O)C[C@H](C)C(C)(C)C(=O)[C@@H]2C)cc1. The number of carbonyl (C=O) groups is 2. The number of ketones is 1.